The minimum absolute atomic E-state index is 0.0870. The van der Waals surface area contributed by atoms with E-state index in [4.69, 9.17) is 0 Å². The standard InChI is InChI=1S/C20H22F2N2O2S/c1-20(2,3)27(26)24-18-10-8-13-14(18)5-4-6-15(13)19(25)23-12-7-9-16(21)17(22)11-12/h4-7,9,11,18,24H,8,10H2,1-3H3,(H,23,25)/t18-,27?/m0/s1. The second-order valence-corrected chi connectivity index (χ2v) is 9.54. The van der Waals surface area contributed by atoms with Crippen molar-refractivity contribution in [2.75, 3.05) is 5.32 Å². The summed E-state index contributed by atoms with van der Waals surface area (Å²) in [5.41, 5.74) is 2.52. The van der Waals surface area contributed by atoms with Gasteiger partial charge in [-0.25, -0.2) is 8.78 Å². The lowest BCUT2D eigenvalue weighted by atomic mass is 10.0. The molecule has 2 N–H and O–H groups in total. The molecule has 2 aromatic carbocycles. The van der Waals surface area contributed by atoms with Crippen molar-refractivity contribution in [3.05, 3.63) is 64.7 Å². The summed E-state index contributed by atoms with van der Waals surface area (Å²) in [6.07, 6.45) is 1.42. The quantitative estimate of drug-likeness (QED) is 0.765. The molecule has 0 fully saturated rings. The molecular weight excluding hydrogens is 370 g/mol. The molecule has 0 aliphatic heterocycles. The Morgan fingerprint density at radius 1 is 1.19 bits per heavy atom. The molecule has 0 heterocycles. The van der Waals surface area contributed by atoms with Crippen LogP contribution < -0.4 is 10.0 Å². The molecule has 0 spiro atoms. The molecule has 4 nitrogen and oxygen atoms in total. The summed E-state index contributed by atoms with van der Waals surface area (Å²) in [7, 11) is 0. The fourth-order valence-corrected chi connectivity index (χ4v) is 3.92. The zero-order valence-corrected chi connectivity index (χ0v) is 16.3. The number of halogens is 2. The molecule has 2 aromatic rings. The van der Waals surface area contributed by atoms with Gasteiger partial charge in [-0.15, -0.1) is 4.72 Å². The number of fused-ring (bicyclic) bond motifs is 1. The summed E-state index contributed by atoms with van der Waals surface area (Å²) in [5, 5.41) is 2.61. The molecular formula is C20H22F2N2O2S. The van der Waals surface area contributed by atoms with E-state index in [1.807, 2.05) is 26.8 Å². The molecule has 1 aliphatic carbocycles. The topological polar surface area (TPSA) is 64.2 Å². The number of benzene rings is 2. The highest BCUT2D eigenvalue weighted by Crippen LogP contribution is 2.35. The number of hydrogen-bond acceptors (Lipinski definition) is 3. The second-order valence-electron chi connectivity index (χ2n) is 7.55. The minimum Gasteiger partial charge on any atom is -0.598 e. The summed E-state index contributed by atoms with van der Waals surface area (Å²) < 4.78 is 41.6. The lowest BCUT2D eigenvalue weighted by Gasteiger charge is -2.26. The zero-order valence-electron chi connectivity index (χ0n) is 15.4. The SMILES string of the molecule is CC(C)(C)[S+]([O-])N[C@H]1CCc2c(C(=O)Nc3ccc(F)c(F)c3)cccc21. The highest BCUT2D eigenvalue weighted by Gasteiger charge is 2.34. The van der Waals surface area contributed by atoms with Crippen molar-refractivity contribution >= 4 is 23.0 Å². The number of carbonyl (C=O) groups excluding carboxylic acids is 1. The maximum Gasteiger partial charge on any atom is 0.255 e. The first-order chi connectivity index (χ1) is 12.7. The van der Waals surface area contributed by atoms with Crippen LogP contribution in [0.2, 0.25) is 0 Å². The third-order valence-electron chi connectivity index (χ3n) is 4.50. The van der Waals surface area contributed by atoms with Gasteiger partial charge in [0.05, 0.1) is 6.04 Å². The molecule has 0 bridgehead atoms. The van der Waals surface area contributed by atoms with Crippen molar-refractivity contribution < 1.29 is 18.1 Å². The fourth-order valence-electron chi connectivity index (χ4n) is 3.07. The summed E-state index contributed by atoms with van der Waals surface area (Å²) >= 11 is -1.22. The molecule has 0 aromatic heterocycles. The first kappa shape index (κ1) is 19.8. The van der Waals surface area contributed by atoms with Gasteiger partial charge in [-0.3, -0.25) is 4.79 Å². The molecule has 0 saturated carbocycles. The average Bonchev–Trinajstić information content (AvgIpc) is 3.00. The highest BCUT2D eigenvalue weighted by atomic mass is 32.2. The second kappa shape index (κ2) is 7.58. The van der Waals surface area contributed by atoms with Gasteiger partial charge in [-0.05, 0) is 62.9 Å². The van der Waals surface area contributed by atoms with Crippen LogP contribution in [0.5, 0.6) is 0 Å². The molecule has 1 aliphatic rings. The predicted octanol–water partition coefficient (Wildman–Crippen LogP) is 4.26. The molecule has 27 heavy (non-hydrogen) atoms. The molecule has 7 heteroatoms. The Balaban J connectivity index is 1.80. The van der Waals surface area contributed by atoms with E-state index in [2.05, 4.69) is 10.0 Å². The van der Waals surface area contributed by atoms with E-state index >= 15 is 0 Å². The fraction of sp³-hybridized carbons (Fsp3) is 0.350. The third-order valence-corrected chi connectivity index (χ3v) is 6.11. The van der Waals surface area contributed by atoms with E-state index in [1.54, 1.807) is 12.1 Å². The van der Waals surface area contributed by atoms with Crippen LogP contribution in [0.1, 0.15) is 54.7 Å². The Hall–Kier alpha value is -1.96. The van der Waals surface area contributed by atoms with Crippen LogP contribution in [0.25, 0.3) is 0 Å². The Morgan fingerprint density at radius 2 is 1.93 bits per heavy atom. The lowest BCUT2D eigenvalue weighted by molar-refractivity contribution is 0.102. The van der Waals surface area contributed by atoms with Gasteiger partial charge < -0.3 is 9.87 Å². The molecule has 2 atom stereocenters. The van der Waals surface area contributed by atoms with Gasteiger partial charge in [0, 0.05) is 28.7 Å². The number of amides is 1. The van der Waals surface area contributed by atoms with Gasteiger partial charge in [0.2, 0.25) is 0 Å². The smallest absolute Gasteiger partial charge is 0.255 e. The minimum atomic E-state index is -1.22. The van der Waals surface area contributed by atoms with Gasteiger partial charge in [0.1, 0.15) is 4.75 Å². The van der Waals surface area contributed by atoms with Crippen molar-refractivity contribution in [2.45, 2.75) is 44.4 Å². The van der Waals surface area contributed by atoms with E-state index in [1.165, 1.54) is 6.07 Å². The van der Waals surface area contributed by atoms with Crippen LogP contribution >= 0.6 is 0 Å². The number of carbonyl (C=O) groups is 1. The van der Waals surface area contributed by atoms with Crippen molar-refractivity contribution in [1.82, 2.24) is 4.72 Å². The molecule has 0 radical (unpaired) electrons. The maximum absolute atomic E-state index is 13.4. The van der Waals surface area contributed by atoms with Crippen LogP contribution in [0, 0.1) is 11.6 Å². The molecule has 1 amide bonds. The number of hydrogen-bond donors (Lipinski definition) is 2. The summed E-state index contributed by atoms with van der Waals surface area (Å²) in [6.45, 7) is 5.70. The van der Waals surface area contributed by atoms with Crippen LogP contribution in [0.15, 0.2) is 36.4 Å². The Morgan fingerprint density at radius 3 is 2.59 bits per heavy atom. The zero-order chi connectivity index (χ0) is 19.8. The number of nitrogens with one attached hydrogen (secondary N) is 2. The van der Waals surface area contributed by atoms with E-state index in [0.717, 1.165) is 29.7 Å². The molecule has 3 rings (SSSR count). The van der Waals surface area contributed by atoms with Crippen molar-refractivity contribution in [1.29, 1.82) is 0 Å². The third kappa shape index (κ3) is 4.31. The van der Waals surface area contributed by atoms with Crippen molar-refractivity contribution in [3.8, 4) is 0 Å². The van der Waals surface area contributed by atoms with Gasteiger partial charge in [0.25, 0.3) is 5.91 Å². The van der Waals surface area contributed by atoms with Gasteiger partial charge >= 0.3 is 0 Å². The van der Waals surface area contributed by atoms with Crippen molar-refractivity contribution in [3.63, 3.8) is 0 Å². The Bertz CT molecular complexity index is 868. The average molecular weight is 392 g/mol. The van der Waals surface area contributed by atoms with Crippen molar-refractivity contribution in [2.24, 2.45) is 0 Å². The normalized spacial score (nSPS) is 17.5. The van der Waals surface area contributed by atoms with Gasteiger partial charge in [-0.1, -0.05) is 12.1 Å². The largest absolute Gasteiger partial charge is 0.598 e. The van der Waals surface area contributed by atoms with Crippen LogP contribution in [0.4, 0.5) is 14.5 Å². The first-order valence-corrected chi connectivity index (χ1v) is 9.88. The van der Waals surface area contributed by atoms with E-state index < -0.39 is 23.0 Å². The lowest BCUT2D eigenvalue weighted by Crippen LogP contribution is -2.40. The van der Waals surface area contributed by atoms with Crippen LogP contribution in [-0.2, 0) is 17.8 Å². The predicted molar refractivity (Wildman–Crippen MR) is 103 cm³/mol. The first-order valence-electron chi connectivity index (χ1n) is 8.73. The van der Waals surface area contributed by atoms with E-state index in [-0.39, 0.29) is 22.4 Å². The summed E-state index contributed by atoms with van der Waals surface area (Å²) in [5.74, 6) is -2.36. The van der Waals surface area contributed by atoms with E-state index in [0.29, 0.717) is 12.0 Å². The van der Waals surface area contributed by atoms with Gasteiger partial charge in [0.15, 0.2) is 11.6 Å². The van der Waals surface area contributed by atoms with Crippen LogP contribution in [0.3, 0.4) is 0 Å². The molecule has 0 saturated heterocycles. The molecule has 144 valence electrons. The van der Waals surface area contributed by atoms with Crippen LogP contribution in [-0.4, -0.2) is 15.2 Å². The Kier molecular flexibility index (Phi) is 5.55. The Labute approximate surface area is 160 Å². The summed E-state index contributed by atoms with van der Waals surface area (Å²) in [4.78, 5) is 12.7. The number of rotatable bonds is 4. The number of anilines is 1. The summed E-state index contributed by atoms with van der Waals surface area (Å²) in [6, 6.07) is 8.56. The molecule has 1 unspecified atom stereocenters. The highest BCUT2D eigenvalue weighted by molar-refractivity contribution is 7.90. The van der Waals surface area contributed by atoms with E-state index in [9.17, 15) is 18.1 Å². The monoisotopic (exact) mass is 392 g/mol. The maximum atomic E-state index is 13.4. The van der Waals surface area contributed by atoms with Gasteiger partial charge in [-0.2, -0.15) is 0 Å².